The Hall–Kier alpha value is -1.36. The minimum atomic E-state index is 0.0127. The average Bonchev–Trinajstić information content (AvgIpc) is 2.74. The van der Waals surface area contributed by atoms with Gasteiger partial charge in [-0.2, -0.15) is 0 Å². The Labute approximate surface area is 95.7 Å². The summed E-state index contributed by atoms with van der Waals surface area (Å²) < 4.78 is 1.53. The fourth-order valence-electron chi connectivity index (χ4n) is 1.94. The molecule has 0 spiro atoms. The molecular weight excluding hydrogens is 204 g/mol. The lowest BCUT2D eigenvalue weighted by Crippen LogP contribution is -2.59. The van der Waals surface area contributed by atoms with Gasteiger partial charge < -0.3 is 4.90 Å². The van der Waals surface area contributed by atoms with Crippen LogP contribution in [0.3, 0.4) is 0 Å². The number of aromatic nitrogens is 2. The molecule has 2 heterocycles. The highest BCUT2D eigenvalue weighted by molar-refractivity contribution is 5.76. The van der Waals surface area contributed by atoms with E-state index in [-0.39, 0.29) is 11.6 Å². The summed E-state index contributed by atoms with van der Waals surface area (Å²) in [6.07, 6.45) is 4.86. The minimum absolute atomic E-state index is 0.0127. The third-order valence-corrected chi connectivity index (χ3v) is 3.31. The van der Waals surface area contributed by atoms with E-state index in [2.05, 4.69) is 30.8 Å². The predicted octanol–water partition coefficient (Wildman–Crippen LogP) is 0.877. The topological polar surface area (TPSA) is 41.4 Å². The Balaban J connectivity index is 2.10. The summed E-state index contributed by atoms with van der Waals surface area (Å²) in [7, 11) is 2.10. The number of nitrogens with zero attached hydrogens (tertiary/aromatic N) is 4. The largest absolute Gasteiger partial charge is 0.329 e. The Bertz CT molecular complexity index is 371. The van der Waals surface area contributed by atoms with E-state index in [1.165, 1.54) is 4.57 Å². The van der Waals surface area contributed by atoms with Crippen LogP contribution in [0.15, 0.2) is 18.7 Å². The van der Waals surface area contributed by atoms with E-state index in [1.54, 1.807) is 18.7 Å². The molecule has 0 aliphatic carbocycles. The van der Waals surface area contributed by atoms with Gasteiger partial charge in [0.15, 0.2) is 0 Å². The van der Waals surface area contributed by atoms with Gasteiger partial charge in [-0.25, -0.2) is 9.78 Å². The van der Waals surface area contributed by atoms with Crippen molar-refractivity contribution < 1.29 is 4.79 Å². The zero-order valence-corrected chi connectivity index (χ0v) is 10.1. The second kappa shape index (κ2) is 3.90. The first-order chi connectivity index (χ1) is 7.50. The van der Waals surface area contributed by atoms with Crippen LogP contribution < -0.4 is 0 Å². The van der Waals surface area contributed by atoms with Crippen molar-refractivity contribution in [1.29, 1.82) is 0 Å². The molecule has 1 amide bonds. The van der Waals surface area contributed by atoms with Crippen molar-refractivity contribution >= 4 is 6.03 Å². The lowest BCUT2D eigenvalue weighted by molar-refractivity contribution is 0.0574. The minimum Gasteiger partial charge on any atom is -0.321 e. The molecule has 2 rings (SSSR count). The SMILES string of the molecule is CN1CCN(C(=O)n2ccnc2)CC1(C)C. The van der Waals surface area contributed by atoms with E-state index >= 15 is 0 Å². The maximum atomic E-state index is 12.1. The quantitative estimate of drug-likeness (QED) is 0.654. The maximum absolute atomic E-state index is 12.1. The predicted molar refractivity (Wildman–Crippen MR) is 61.3 cm³/mol. The van der Waals surface area contributed by atoms with Gasteiger partial charge >= 0.3 is 6.03 Å². The number of hydrogen-bond donors (Lipinski definition) is 0. The molecule has 1 saturated heterocycles. The molecule has 5 nitrogen and oxygen atoms in total. The van der Waals surface area contributed by atoms with E-state index < -0.39 is 0 Å². The summed E-state index contributed by atoms with van der Waals surface area (Å²) in [6, 6.07) is 0.0127. The van der Waals surface area contributed by atoms with Crippen LogP contribution in [0.4, 0.5) is 4.79 Å². The molecule has 0 N–H and O–H groups in total. The van der Waals surface area contributed by atoms with Crippen LogP contribution in [0.2, 0.25) is 0 Å². The van der Waals surface area contributed by atoms with Crippen LogP contribution in [-0.4, -0.2) is 57.6 Å². The molecule has 0 atom stereocenters. The summed E-state index contributed by atoms with van der Waals surface area (Å²) >= 11 is 0. The molecule has 1 aromatic rings. The summed E-state index contributed by atoms with van der Waals surface area (Å²) in [5.74, 6) is 0. The molecular formula is C11H18N4O. The van der Waals surface area contributed by atoms with Gasteiger partial charge in [0.2, 0.25) is 0 Å². The molecule has 88 valence electrons. The van der Waals surface area contributed by atoms with Crippen molar-refractivity contribution in [2.75, 3.05) is 26.7 Å². The second-order valence-electron chi connectivity index (χ2n) is 4.91. The number of likely N-dealkylation sites (N-methyl/N-ethyl adjacent to an activating group) is 1. The van der Waals surface area contributed by atoms with Crippen molar-refractivity contribution in [1.82, 2.24) is 19.4 Å². The van der Waals surface area contributed by atoms with Crippen molar-refractivity contribution in [3.05, 3.63) is 18.7 Å². The molecule has 0 radical (unpaired) electrons. The van der Waals surface area contributed by atoms with Gasteiger partial charge in [-0.3, -0.25) is 9.47 Å². The number of carbonyl (C=O) groups excluding carboxylic acids is 1. The van der Waals surface area contributed by atoms with Crippen LogP contribution in [0.1, 0.15) is 13.8 Å². The van der Waals surface area contributed by atoms with E-state index in [9.17, 15) is 4.79 Å². The van der Waals surface area contributed by atoms with Crippen molar-refractivity contribution in [2.24, 2.45) is 0 Å². The average molecular weight is 222 g/mol. The third-order valence-electron chi connectivity index (χ3n) is 3.31. The molecule has 1 aliphatic heterocycles. The molecule has 1 aliphatic rings. The van der Waals surface area contributed by atoms with Gasteiger partial charge in [0.05, 0.1) is 0 Å². The van der Waals surface area contributed by atoms with E-state index in [0.717, 1.165) is 19.6 Å². The molecule has 0 aromatic carbocycles. The van der Waals surface area contributed by atoms with Crippen LogP contribution >= 0.6 is 0 Å². The van der Waals surface area contributed by atoms with Gasteiger partial charge in [-0.05, 0) is 20.9 Å². The Kier molecular flexibility index (Phi) is 2.71. The molecule has 1 fully saturated rings. The highest BCUT2D eigenvalue weighted by Crippen LogP contribution is 2.19. The monoisotopic (exact) mass is 222 g/mol. The van der Waals surface area contributed by atoms with E-state index in [1.807, 2.05) is 4.90 Å². The zero-order chi connectivity index (χ0) is 11.8. The molecule has 0 unspecified atom stereocenters. The van der Waals surface area contributed by atoms with Gasteiger partial charge in [0.25, 0.3) is 0 Å². The van der Waals surface area contributed by atoms with Crippen LogP contribution in [0.5, 0.6) is 0 Å². The number of imidazole rings is 1. The van der Waals surface area contributed by atoms with Gasteiger partial charge in [0.1, 0.15) is 6.33 Å². The van der Waals surface area contributed by atoms with Crippen LogP contribution in [-0.2, 0) is 0 Å². The fourth-order valence-corrected chi connectivity index (χ4v) is 1.94. The number of piperazine rings is 1. The molecule has 5 heteroatoms. The first-order valence-electron chi connectivity index (χ1n) is 5.49. The second-order valence-corrected chi connectivity index (χ2v) is 4.91. The Morgan fingerprint density at radius 1 is 1.38 bits per heavy atom. The van der Waals surface area contributed by atoms with Gasteiger partial charge in [-0.15, -0.1) is 0 Å². The molecule has 16 heavy (non-hydrogen) atoms. The first-order valence-corrected chi connectivity index (χ1v) is 5.49. The number of rotatable bonds is 0. The number of amides is 1. The maximum Gasteiger partial charge on any atom is 0.329 e. The van der Waals surface area contributed by atoms with E-state index in [4.69, 9.17) is 0 Å². The van der Waals surface area contributed by atoms with Crippen molar-refractivity contribution in [2.45, 2.75) is 19.4 Å². The lowest BCUT2D eigenvalue weighted by atomic mass is 10.0. The standard InChI is InChI=1S/C11H18N4O/c1-11(2)8-14(7-6-13(11)3)10(16)15-5-4-12-9-15/h4-5,9H,6-8H2,1-3H3. The number of carbonyl (C=O) groups is 1. The smallest absolute Gasteiger partial charge is 0.321 e. The molecule has 0 bridgehead atoms. The van der Waals surface area contributed by atoms with E-state index in [0.29, 0.717) is 0 Å². The fraction of sp³-hybridized carbons (Fsp3) is 0.636. The van der Waals surface area contributed by atoms with Gasteiger partial charge in [-0.1, -0.05) is 0 Å². The normalized spacial score (nSPS) is 21.1. The number of hydrogen-bond acceptors (Lipinski definition) is 3. The molecule has 1 aromatic heterocycles. The Morgan fingerprint density at radius 3 is 2.69 bits per heavy atom. The van der Waals surface area contributed by atoms with Crippen LogP contribution in [0, 0.1) is 0 Å². The molecule has 0 saturated carbocycles. The van der Waals surface area contributed by atoms with Crippen molar-refractivity contribution in [3.8, 4) is 0 Å². The zero-order valence-electron chi connectivity index (χ0n) is 10.1. The van der Waals surface area contributed by atoms with Crippen LogP contribution in [0.25, 0.3) is 0 Å². The summed E-state index contributed by atoms with van der Waals surface area (Å²) in [6.45, 7) is 6.74. The van der Waals surface area contributed by atoms with Gasteiger partial charge in [0, 0.05) is 37.6 Å². The lowest BCUT2D eigenvalue weighted by Gasteiger charge is -2.45. The summed E-state index contributed by atoms with van der Waals surface area (Å²) in [5.41, 5.74) is 0.0362. The highest BCUT2D eigenvalue weighted by Gasteiger charge is 2.33. The summed E-state index contributed by atoms with van der Waals surface area (Å²) in [5, 5.41) is 0. The Morgan fingerprint density at radius 2 is 2.12 bits per heavy atom. The first kappa shape index (κ1) is 11.1. The third kappa shape index (κ3) is 1.95. The van der Waals surface area contributed by atoms with Crippen molar-refractivity contribution in [3.63, 3.8) is 0 Å². The highest BCUT2D eigenvalue weighted by atomic mass is 16.2. The summed E-state index contributed by atoms with van der Waals surface area (Å²) in [4.78, 5) is 20.1.